The van der Waals surface area contributed by atoms with Gasteiger partial charge in [0, 0.05) is 0 Å². The Labute approximate surface area is 275 Å². The number of rotatable bonds is 0. The molecule has 0 radical (unpaired) electrons. The first-order chi connectivity index (χ1) is 13.2. The largest absolute Gasteiger partial charge is 0.269 e. The van der Waals surface area contributed by atoms with Gasteiger partial charge in [0.05, 0.1) is 0 Å². The maximum atomic E-state index is 9.74. The fraction of sp³-hybridized carbons (Fsp3) is 1.00. The number of hydrogen-bond acceptors (Lipinski definition) is 0. The minimum Gasteiger partial charge on any atom is -0.269 e. The third kappa shape index (κ3) is 901. The van der Waals surface area contributed by atoms with Crippen molar-refractivity contribution in [1.82, 2.24) is 0 Å². The maximum absolute atomic E-state index is 9.74. The standard InChI is InChI=1S/3CH4.3F2I.6FI.3FH/c;;;3*1-3-2;6*1-2;;;/h3*1H4;;;;;;;;;;3*1H/q;;;3*-1;;;;;;;;;/i/hT3. The fourth-order valence-electron chi connectivity index (χ4n) is 0. The van der Waals surface area contributed by atoms with Gasteiger partial charge in [-0.2, -0.15) is 17.2 Å². The Hall–Kier alpha value is 5.52. The van der Waals surface area contributed by atoms with Crippen molar-refractivity contribution in [3.05, 3.63) is 0 Å². The first-order valence-corrected chi connectivity index (χ1v) is 11.5. The molecule has 0 spiro atoms. The van der Waals surface area contributed by atoms with Crippen LogP contribution in [0.25, 0.3) is 0 Å². The van der Waals surface area contributed by atoms with E-state index in [0.717, 1.165) is 0 Å². The van der Waals surface area contributed by atoms with Gasteiger partial charge < -0.3 is 0 Å². The van der Waals surface area contributed by atoms with E-state index in [0.29, 0.717) is 139 Å². The van der Waals surface area contributed by atoms with Gasteiger partial charge >= 0.3 is 84.2 Å². The van der Waals surface area contributed by atoms with Gasteiger partial charge in [-0.15, -0.1) is 0 Å². The molecule has 0 aromatic carbocycles. The minimum atomic E-state index is -2.41. The van der Waals surface area contributed by atoms with Crippen LogP contribution in [0.3, 0.4) is 0 Å². The van der Waals surface area contributed by atoms with E-state index in [9.17, 15) is 34.3 Å². The molecule has 0 unspecified atom stereocenters. The van der Waals surface area contributed by atoms with Crippen molar-refractivity contribution in [1.29, 1.82) is 4.35 Å². The second-order valence-corrected chi connectivity index (χ2v) is 1.09. The summed E-state index contributed by atoms with van der Waals surface area (Å²) in [7, 11) is 0. The zero-order valence-electron chi connectivity index (χ0n) is 12.1. The van der Waals surface area contributed by atoms with E-state index in [4.69, 9.17) is 14.2 Å². The quantitative estimate of drug-likeness (QED) is 0.257. The summed E-state index contributed by atoms with van der Waals surface area (Å²) in [6, 6.07) is 0. The molecule has 27 heavy (non-hydrogen) atoms. The third-order valence-corrected chi connectivity index (χ3v) is 0. The van der Waals surface area contributed by atoms with Gasteiger partial charge in [-0.3, -0.25) is 14.2 Å². The fourth-order valence-corrected chi connectivity index (χ4v) is 0. The summed E-state index contributed by atoms with van der Waals surface area (Å²) >= 11 is -3.33. The van der Waals surface area contributed by atoms with E-state index in [1.807, 2.05) is 0 Å². The molecule has 0 N–H and O–H groups in total. The Morgan fingerprint density at radius 1 is 0.370 bits per heavy atom. The molecule has 0 nitrogen and oxygen atoms in total. The van der Waals surface area contributed by atoms with Gasteiger partial charge in [-0.05, 0) is 0 Å². The van der Waals surface area contributed by atoms with Crippen LogP contribution in [0.5, 0.6) is 0 Å². The average molecular weight is 1480 g/mol. The molecular formula is C3H15F15I9-3. The molecular weight excluding hydrogens is 1460 g/mol. The summed E-state index contributed by atoms with van der Waals surface area (Å²) in [4.78, 5) is 0. The van der Waals surface area contributed by atoms with Crippen molar-refractivity contribution in [2.75, 3.05) is 0 Å². The van der Waals surface area contributed by atoms with E-state index < -0.39 is 67.1 Å². The molecule has 0 saturated heterocycles. The molecule has 0 aliphatic carbocycles. The Kier molecular flexibility index (Phi) is 1150. The molecule has 0 aliphatic rings. The molecule has 24 heteroatoms. The van der Waals surface area contributed by atoms with Crippen LogP contribution in [0.4, 0.5) is 48.5 Å². The van der Waals surface area contributed by atoms with E-state index in [1.165, 1.54) is 0 Å². The van der Waals surface area contributed by atoms with Crippen LogP contribution < -0.4 is 67.1 Å². The molecule has 0 aliphatic heterocycles. The van der Waals surface area contributed by atoms with Crippen molar-refractivity contribution < 1.29 is 116 Å². The Morgan fingerprint density at radius 3 is 0.370 bits per heavy atom. The summed E-state index contributed by atoms with van der Waals surface area (Å²) in [5.74, 6) is 0. The van der Waals surface area contributed by atoms with Crippen LogP contribution in [-0.2, 0) is 0 Å². The predicted molar refractivity (Wildman–Crippen MR) is 125 cm³/mol. The van der Waals surface area contributed by atoms with Crippen LogP contribution in [0.15, 0.2) is 0 Å². The maximum Gasteiger partial charge on any atom is 0.269 e. The van der Waals surface area contributed by atoms with Gasteiger partial charge in [0.2, 0.25) is 0 Å². The van der Waals surface area contributed by atoms with Crippen LogP contribution in [0.2, 0.25) is 0 Å². The van der Waals surface area contributed by atoms with E-state index in [1.54, 1.807) is 0 Å². The molecule has 0 saturated carbocycles. The van der Waals surface area contributed by atoms with E-state index in [-0.39, 0.29) is 22.3 Å². The predicted octanol–water partition coefficient (Wildman–Crippen LogP) is 3.73. The van der Waals surface area contributed by atoms with Gasteiger partial charge in [0.15, 0.2) is 139 Å². The normalized spacial score (nSPS) is 4.56. The van der Waals surface area contributed by atoms with Gasteiger partial charge in [-0.25, -0.2) is 0 Å². The molecule has 0 aromatic rings. The van der Waals surface area contributed by atoms with Gasteiger partial charge in [0.25, 0.3) is 4.35 Å². The molecule has 198 valence electrons. The zero-order valence-corrected chi connectivity index (χ0v) is 28.5. The average Bonchev–Trinajstić information content (AvgIpc) is 2.82. The Bertz CT molecular complexity index is 55.3. The summed E-state index contributed by atoms with van der Waals surface area (Å²) in [6.07, 6.45) is 0. The zero-order chi connectivity index (χ0) is 26.1. The first-order valence-electron chi connectivity index (χ1n) is 2.85. The summed E-state index contributed by atoms with van der Waals surface area (Å²) < 4.78 is 154. The summed E-state index contributed by atoms with van der Waals surface area (Å²) in [5.41, 5.74) is 0. The van der Waals surface area contributed by atoms with Crippen molar-refractivity contribution in [3.8, 4) is 0 Å². The topological polar surface area (TPSA) is 0 Å². The van der Waals surface area contributed by atoms with Crippen molar-refractivity contribution in [2.45, 2.75) is 22.3 Å². The molecule has 0 bridgehead atoms. The first kappa shape index (κ1) is 76.7. The third-order valence-electron chi connectivity index (χ3n) is 0. The van der Waals surface area contributed by atoms with Gasteiger partial charge in [-0.1, -0.05) is 22.3 Å². The molecule has 0 aromatic heterocycles. The number of halogens is 24. The monoisotopic (exact) mass is 1480 g/mol. The second kappa shape index (κ2) is 404. The second-order valence-electron chi connectivity index (χ2n) is 0.162. The summed E-state index contributed by atoms with van der Waals surface area (Å²) in [6.45, 7) is 0. The Balaban J connectivity index is -0.00000000627. The minimum absolute atomic E-state index is 0. The van der Waals surface area contributed by atoms with Crippen molar-refractivity contribution in [2.24, 2.45) is 0 Å². The number of hydrogen-bond donors (Lipinski definition) is 0. The Morgan fingerprint density at radius 2 is 0.370 bits per heavy atom. The van der Waals surface area contributed by atoms with Crippen LogP contribution >= 0.6 is 139 Å². The van der Waals surface area contributed by atoms with Crippen LogP contribution in [0.1, 0.15) is 22.3 Å². The molecule has 0 fully saturated rings. The molecule has 0 rings (SSSR count). The van der Waals surface area contributed by atoms with E-state index in [2.05, 4.69) is 4.35 Å². The van der Waals surface area contributed by atoms with E-state index >= 15 is 0 Å². The van der Waals surface area contributed by atoms with Crippen molar-refractivity contribution >= 4 is 139 Å². The van der Waals surface area contributed by atoms with Gasteiger partial charge in [0.1, 0.15) is 0 Å². The smallest absolute Gasteiger partial charge is 0.269 e. The van der Waals surface area contributed by atoms with Crippen molar-refractivity contribution in [3.63, 3.8) is 0 Å². The SMILES string of the molecule is C.C.C.FI.FI.FI.FI.FI.FI.F[I-]F.F[I-]F.F[I-]F.[3H]F.[3H]F.[3H]F. The molecule has 0 atom stereocenters. The molecule has 0 amide bonds. The molecule has 0 heterocycles. The van der Waals surface area contributed by atoms with Crippen LogP contribution in [0, 0.1) is 0 Å². The van der Waals surface area contributed by atoms with Crippen LogP contribution in [-0.4, -0.2) is 4.35 Å². The summed E-state index contributed by atoms with van der Waals surface area (Å²) in [5, 5.41) is 0.